The van der Waals surface area contributed by atoms with Gasteiger partial charge in [0.25, 0.3) is 0 Å². The van der Waals surface area contributed by atoms with Crippen LogP contribution in [0.5, 0.6) is 0 Å². The van der Waals surface area contributed by atoms with Gasteiger partial charge in [-0.15, -0.1) is 0 Å². The highest BCUT2D eigenvalue weighted by atomic mass is 16.5. The molecule has 2 heterocycles. The number of H-pyrrole nitrogens is 1. The molecule has 7 aromatic carbocycles. The number of nitrogens with one attached hydrogen (secondary N) is 1. The summed E-state index contributed by atoms with van der Waals surface area (Å²) in [5, 5.41) is 0. The lowest BCUT2D eigenvalue weighted by Crippen LogP contribution is -2.55. The number of imidazole rings is 2. The first-order valence-electron chi connectivity index (χ1n) is 21.1. The molecular weight excluding hydrogens is 775 g/mol. The average Bonchev–Trinajstić information content (AvgIpc) is 4.08. The van der Waals surface area contributed by atoms with Gasteiger partial charge in [0.2, 0.25) is 0 Å². The Morgan fingerprint density at radius 2 is 1.03 bits per heavy atom. The van der Waals surface area contributed by atoms with E-state index >= 15 is 4.79 Å². The van der Waals surface area contributed by atoms with Crippen LogP contribution in [-0.4, -0.2) is 44.4 Å². The first-order valence-corrected chi connectivity index (χ1v) is 21.1. The zero-order valence-electron chi connectivity index (χ0n) is 35.0. The number of ether oxygens (including phenoxy) is 1. The smallest absolute Gasteiger partial charge is 0.334 e. The summed E-state index contributed by atoms with van der Waals surface area (Å²) in [7, 11) is 1.44. The number of carbonyl (C=O) groups is 1. The van der Waals surface area contributed by atoms with Crippen molar-refractivity contribution in [2.45, 2.75) is 28.8 Å². The van der Waals surface area contributed by atoms with Crippen LogP contribution in [0.4, 0.5) is 0 Å². The molecule has 2 aromatic heterocycles. The molecule has 0 aliphatic heterocycles. The molecule has 9 aromatic rings. The van der Waals surface area contributed by atoms with E-state index < -0.39 is 28.4 Å². The first kappa shape index (κ1) is 40.5. The highest BCUT2D eigenvalue weighted by Crippen LogP contribution is 2.56. The molecule has 308 valence electrons. The number of methoxy groups -OCH3 is 1. The first-order chi connectivity index (χ1) is 31.1. The summed E-state index contributed by atoms with van der Waals surface area (Å²) in [6.45, 7) is 0. The van der Waals surface area contributed by atoms with Crippen LogP contribution in [-0.2, 0) is 26.9 Å². The van der Waals surface area contributed by atoms with Crippen LogP contribution >= 0.6 is 0 Å². The minimum absolute atomic E-state index is 0.0579. The van der Waals surface area contributed by atoms with Gasteiger partial charge in [-0.2, -0.15) is 0 Å². The van der Waals surface area contributed by atoms with E-state index in [1.807, 2.05) is 116 Å². The molecule has 0 aliphatic carbocycles. The summed E-state index contributed by atoms with van der Waals surface area (Å²) in [6.07, 6.45) is 9.29. The van der Waals surface area contributed by atoms with Gasteiger partial charge in [0.15, 0.2) is 5.54 Å². The molecule has 0 amide bonds. The number of esters is 1. The summed E-state index contributed by atoms with van der Waals surface area (Å²) in [5.41, 5.74) is 4.68. The third-order valence-corrected chi connectivity index (χ3v) is 12.3. The highest BCUT2D eigenvalue weighted by molar-refractivity contribution is 5.89. The normalized spacial score (nSPS) is 13.3. The van der Waals surface area contributed by atoms with Crippen molar-refractivity contribution in [1.29, 1.82) is 0 Å². The second-order valence-electron chi connectivity index (χ2n) is 15.7. The summed E-state index contributed by atoms with van der Waals surface area (Å²) in [6, 6.07) is 72.5. The van der Waals surface area contributed by atoms with Crippen molar-refractivity contribution < 1.29 is 9.53 Å². The van der Waals surface area contributed by atoms with Crippen LogP contribution in [0.25, 0.3) is 0 Å². The topological polar surface area (TPSA) is 85.2 Å². The number of aliphatic imine (C=N–C) groups is 1. The number of aromatic amines is 1. The predicted molar refractivity (Wildman–Crippen MR) is 250 cm³/mol. The minimum Gasteiger partial charge on any atom is -0.467 e. The van der Waals surface area contributed by atoms with E-state index in [1.165, 1.54) is 7.11 Å². The Bertz CT molecular complexity index is 2660. The van der Waals surface area contributed by atoms with Crippen molar-refractivity contribution in [3.05, 3.63) is 288 Å². The molecule has 7 heteroatoms. The van der Waals surface area contributed by atoms with Gasteiger partial charge in [-0.25, -0.2) is 14.8 Å². The Morgan fingerprint density at radius 1 is 0.619 bits per heavy atom. The van der Waals surface area contributed by atoms with Crippen molar-refractivity contribution in [1.82, 2.24) is 19.5 Å². The number of nitrogens with zero attached hydrogens (tertiary/aromatic N) is 4. The van der Waals surface area contributed by atoms with Crippen LogP contribution in [0.1, 0.15) is 56.2 Å². The molecule has 0 saturated carbocycles. The largest absolute Gasteiger partial charge is 0.467 e. The maximum absolute atomic E-state index is 15.6. The number of hydrogen-bond acceptors (Lipinski definition) is 5. The molecule has 0 spiro atoms. The van der Waals surface area contributed by atoms with Crippen molar-refractivity contribution in [2.24, 2.45) is 4.99 Å². The lowest BCUT2D eigenvalue weighted by molar-refractivity contribution is -0.148. The molecule has 2 atom stereocenters. The molecule has 0 saturated heterocycles. The monoisotopic (exact) mass is 821 g/mol. The van der Waals surface area contributed by atoms with E-state index in [1.54, 1.807) is 12.5 Å². The summed E-state index contributed by atoms with van der Waals surface area (Å²) >= 11 is 0. The molecule has 1 N–H and O–H groups in total. The summed E-state index contributed by atoms with van der Waals surface area (Å²) in [5.74, 6) is -1.31. The molecular formula is C56H47N5O2. The fourth-order valence-corrected chi connectivity index (χ4v) is 9.65. The zero-order valence-corrected chi connectivity index (χ0v) is 35.0. The maximum atomic E-state index is 15.6. The molecule has 0 aliphatic rings. The van der Waals surface area contributed by atoms with E-state index in [0.717, 1.165) is 38.9 Å². The van der Waals surface area contributed by atoms with Crippen molar-refractivity contribution in [3.63, 3.8) is 0 Å². The van der Waals surface area contributed by atoms with E-state index in [9.17, 15) is 0 Å². The standard InChI is InChI=1S/C56H47N5O2/c1-63-53(62)54(60-38-43-23-9-2-10-24-43,37-50-40-61(42-59-50)56(47-31-17-6-18-32-47,48-33-19-7-20-34-48)49-35-21-8-22-36-49)52(51-39-57-41-58-51)55(44-25-11-3-12-26-44,45-27-13-4-14-28-45)46-29-15-5-16-30-46/h2-36,38-42,52H,37H2,1H3,(H,57,58). The van der Waals surface area contributed by atoms with Crippen LogP contribution < -0.4 is 0 Å². The van der Waals surface area contributed by atoms with Crippen LogP contribution in [0.3, 0.4) is 0 Å². The lowest BCUT2D eigenvalue weighted by Gasteiger charge is -2.48. The molecule has 0 bridgehead atoms. The Kier molecular flexibility index (Phi) is 11.6. The fraction of sp³-hybridized carbons (Fsp3) is 0.107. The van der Waals surface area contributed by atoms with Gasteiger partial charge in [-0.3, -0.25) is 4.99 Å². The Hall–Kier alpha value is -7.90. The van der Waals surface area contributed by atoms with E-state index in [-0.39, 0.29) is 6.42 Å². The molecule has 2 unspecified atom stereocenters. The van der Waals surface area contributed by atoms with Crippen molar-refractivity contribution >= 4 is 12.2 Å². The van der Waals surface area contributed by atoms with E-state index in [2.05, 4.69) is 130 Å². The lowest BCUT2D eigenvalue weighted by atomic mass is 9.54. The van der Waals surface area contributed by atoms with Crippen LogP contribution in [0.2, 0.25) is 0 Å². The van der Waals surface area contributed by atoms with Gasteiger partial charge in [-0.1, -0.05) is 212 Å². The third kappa shape index (κ3) is 7.38. The van der Waals surface area contributed by atoms with E-state index in [0.29, 0.717) is 11.4 Å². The Morgan fingerprint density at radius 3 is 1.43 bits per heavy atom. The highest BCUT2D eigenvalue weighted by Gasteiger charge is 2.60. The maximum Gasteiger partial charge on any atom is 0.334 e. The van der Waals surface area contributed by atoms with Gasteiger partial charge in [0, 0.05) is 30.7 Å². The van der Waals surface area contributed by atoms with Crippen molar-refractivity contribution in [2.75, 3.05) is 7.11 Å². The minimum atomic E-state index is -1.67. The number of benzene rings is 7. The molecule has 9 rings (SSSR count). The number of hydrogen-bond donors (Lipinski definition) is 1. The second-order valence-corrected chi connectivity index (χ2v) is 15.7. The van der Waals surface area contributed by atoms with Crippen LogP contribution in [0, 0.1) is 0 Å². The SMILES string of the molecule is COC(=O)C(Cc1cn(C(c2ccccc2)(c2ccccc2)c2ccccc2)cn1)(N=Cc1ccccc1)C(c1cnc[nH]1)C(c1ccccc1)(c1ccccc1)c1ccccc1. The summed E-state index contributed by atoms with van der Waals surface area (Å²) in [4.78, 5) is 34.5. The molecule has 63 heavy (non-hydrogen) atoms. The van der Waals surface area contributed by atoms with E-state index in [4.69, 9.17) is 14.7 Å². The number of carbonyl (C=O) groups excluding carboxylic acids is 1. The number of rotatable bonds is 15. The average molecular weight is 822 g/mol. The van der Waals surface area contributed by atoms with Gasteiger partial charge >= 0.3 is 5.97 Å². The van der Waals surface area contributed by atoms with Gasteiger partial charge in [-0.05, 0) is 38.9 Å². The fourth-order valence-electron chi connectivity index (χ4n) is 9.65. The second kappa shape index (κ2) is 18.0. The van der Waals surface area contributed by atoms with Gasteiger partial charge in [0.1, 0.15) is 5.54 Å². The van der Waals surface area contributed by atoms with Crippen LogP contribution in [0.15, 0.2) is 242 Å². The quantitative estimate of drug-likeness (QED) is 0.0634. The Balaban J connectivity index is 1.36. The predicted octanol–water partition coefficient (Wildman–Crippen LogP) is 10.8. The van der Waals surface area contributed by atoms with Gasteiger partial charge < -0.3 is 14.3 Å². The number of aromatic nitrogens is 4. The molecule has 0 radical (unpaired) electrons. The van der Waals surface area contributed by atoms with Crippen molar-refractivity contribution in [3.8, 4) is 0 Å². The zero-order chi connectivity index (χ0) is 43.0. The molecule has 7 nitrogen and oxygen atoms in total. The third-order valence-electron chi connectivity index (χ3n) is 12.3. The Labute approximate surface area is 368 Å². The summed E-state index contributed by atoms with van der Waals surface area (Å²) < 4.78 is 8.19. The van der Waals surface area contributed by atoms with Gasteiger partial charge in [0.05, 0.1) is 36.8 Å². The molecule has 0 fully saturated rings.